The van der Waals surface area contributed by atoms with E-state index in [1.54, 1.807) is 21.0 Å². The molecule has 3 aromatic rings. The molecule has 2 bridgehead atoms. The van der Waals surface area contributed by atoms with Crippen molar-refractivity contribution in [2.75, 3.05) is 0 Å². The SMILES string of the molecule is CCc1ccc(S(=O)(=O)N2C3CCC2Cn2c(nn(Cc4ccccc4)c2=O)C3)cc1. The van der Waals surface area contributed by atoms with Crippen LogP contribution in [0.1, 0.15) is 36.7 Å². The maximum atomic E-state index is 13.5. The van der Waals surface area contributed by atoms with E-state index in [4.69, 9.17) is 0 Å². The first-order chi connectivity index (χ1) is 15.0. The molecular formula is C23H26N4O3S. The number of hydrogen-bond acceptors (Lipinski definition) is 4. The fourth-order valence-electron chi connectivity index (χ4n) is 4.81. The molecule has 2 aliphatic rings. The minimum Gasteiger partial charge on any atom is -0.277 e. The van der Waals surface area contributed by atoms with Crippen molar-refractivity contribution in [1.82, 2.24) is 18.7 Å². The van der Waals surface area contributed by atoms with Crippen LogP contribution in [0.25, 0.3) is 0 Å². The predicted molar refractivity (Wildman–Crippen MR) is 117 cm³/mol. The maximum Gasteiger partial charge on any atom is 0.346 e. The molecule has 2 aromatic carbocycles. The lowest BCUT2D eigenvalue weighted by molar-refractivity contribution is 0.312. The average molecular weight is 439 g/mol. The topological polar surface area (TPSA) is 77.2 Å². The zero-order valence-electron chi connectivity index (χ0n) is 17.5. The van der Waals surface area contributed by atoms with E-state index in [1.807, 2.05) is 49.4 Å². The van der Waals surface area contributed by atoms with Crippen LogP contribution in [0.5, 0.6) is 0 Å². The standard InChI is InChI=1S/C23H26N4O3S/c1-2-17-8-12-21(13-9-17)31(29,30)27-19-10-11-20(27)16-25-22(14-19)24-26(23(25)28)15-18-6-4-3-5-7-18/h3-9,12-13,19-20H,2,10-11,14-16H2,1H3. The highest BCUT2D eigenvalue weighted by atomic mass is 32.2. The van der Waals surface area contributed by atoms with Crippen molar-refractivity contribution in [3.8, 4) is 0 Å². The summed E-state index contributed by atoms with van der Waals surface area (Å²) in [6.07, 6.45) is 2.87. The summed E-state index contributed by atoms with van der Waals surface area (Å²) < 4.78 is 31.8. The Labute approximate surface area is 182 Å². The van der Waals surface area contributed by atoms with Gasteiger partial charge in [0.05, 0.1) is 11.4 Å². The van der Waals surface area contributed by atoms with Crippen LogP contribution in [-0.4, -0.2) is 39.2 Å². The van der Waals surface area contributed by atoms with E-state index in [0.717, 1.165) is 30.4 Å². The van der Waals surface area contributed by atoms with Gasteiger partial charge in [0.25, 0.3) is 0 Å². The number of aryl methyl sites for hydroxylation is 1. The summed E-state index contributed by atoms with van der Waals surface area (Å²) in [4.78, 5) is 13.4. The molecule has 2 unspecified atom stereocenters. The minimum atomic E-state index is -3.63. The normalized spacial score (nSPS) is 21.1. The zero-order chi connectivity index (χ0) is 21.6. The summed E-state index contributed by atoms with van der Waals surface area (Å²) in [6.45, 7) is 2.82. The number of benzene rings is 2. The van der Waals surface area contributed by atoms with Crippen molar-refractivity contribution >= 4 is 10.0 Å². The van der Waals surface area contributed by atoms with Gasteiger partial charge in [-0.3, -0.25) is 4.57 Å². The van der Waals surface area contributed by atoms with E-state index in [1.165, 1.54) is 4.68 Å². The Balaban J connectivity index is 1.45. The van der Waals surface area contributed by atoms with E-state index in [0.29, 0.717) is 30.2 Å². The van der Waals surface area contributed by atoms with Gasteiger partial charge in [-0.25, -0.2) is 17.9 Å². The van der Waals surface area contributed by atoms with Crippen LogP contribution < -0.4 is 5.69 Å². The molecule has 162 valence electrons. The van der Waals surface area contributed by atoms with Gasteiger partial charge in [0.1, 0.15) is 5.82 Å². The van der Waals surface area contributed by atoms with Crippen molar-refractivity contribution in [1.29, 1.82) is 0 Å². The van der Waals surface area contributed by atoms with Gasteiger partial charge in [0.15, 0.2) is 0 Å². The maximum absolute atomic E-state index is 13.5. The lowest BCUT2D eigenvalue weighted by atomic mass is 10.1. The minimum absolute atomic E-state index is 0.170. The highest BCUT2D eigenvalue weighted by Gasteiger charge is 2.45. The summed E-state index contributed by atoms with van der Waals surface area (Å²) in [5.74, 6) is 0.676. The Morgan fingerprint density at radius 3 is 2.39 bits per heavy atom. The van der Waals surface area contributed by atoms with E-state index in [9.17, 15) is 13.2 Å². The van der Waals surface area contributed by atoms with Gasteiger partial charge in [0.2, 0.25) is 10.0 Å². The molecule has 0 aliphatic carbocycles. The van der Waals surface area contributed by atoms with Crippen LogP contribution in [0, 0.1) is 0 Å². The van der Waals surface area contributed by atoms with E-state index >= 15 is 0 Å². The van der Waals surface area contributed by atoms with Crippen LogP contribution in [-0.2, 0) is 36.0 Å². The molecule has 1 fully saturated rings. The monoisotopic (exact) mass is 438 g/mol. The van der Waals surface area contributed by atoms with Gasteiger partial charge >= 0.3 is 5.69 Å². The molecule has 8 heteroatoms. The first-order valence-corrected chi connectivity index (χ1v) is 12.2. The number of aromatic nitrogens is 3. The third kappa shape index (κ3) is 3.53. The van der Waals surface area contributed by atoms with Crippen LogP contribution in [0.3, 0.4) is 0 Å². The van der Waals surface area contributed by atoms with Crippen molar-refractivity contribution < 1.29 is 8.42 Å². The summed E-state index contributed by atoms with van der Waals surface area (Å²) in [5.41, 5.74) is 1.95. The van der Waals surface area contributed by atoms with Crippen LogP contribution in [0.4, 0.5) is 0 Å². The molecule has 1 aromatic heterocycles. The molecule has 1 saturated heterocycles. The molecule has 2 aliphatic heterocycles. The summed E-state index contributed by atoms with van der Waals surface area (Å²) in [7, 11) is -3.63. The molecule has 0 radical (unpaired) electrons. The molecular weight excluding hydrogens is 412 g/mol. The second-order valence-corrected chi connectivity index (χ2v) is 10.2. The fourth-order valence-corrected chi connectivity index (χ4v) is 6.67. The highest BCUT2D eigenvalue weighted by Crippen LogP contribution is 2.35. The molecule has 7 nitrogen and oxygen atoms in total. The van der Waals surface area contributed by atoms with Gasteiger partial charge in [-0.1, -0.05) is 49.4 Å². The van der Waals surface area contributed by atoms with Crippen LogP contribution >= 0.6 is 0 Å². The quantitative estimate of drug-likeness (QED) is 0.613. The van der Waals surface area contributed by atoms with Gasteiger partial charge in [-0.2, -0.15) is 9.40 Å². The summed E-state index contributed by atoms with van der Waals surface area (Å²) in [5, 5.41) is 4.58. The first-order valence-electron chi connectivity index (χ1n) is 10.8. The molecule has 2 atom stereocenters. The zero-order valence-corrected chi connectivity index (χ0v) is 18.3. The summed E-state index contributed by atoms with van der Waals surface area (Å²) in [6, 6.07) is 16.5. The highest BCUT2D eigenvalue weighted by molar-refractivity contribution is 7.89. The van der Waals surface area contributed by atoms with E-state index in [2.05, 4.69) is 5.10 Å². The molecule has 0 N–H and O–H groups in total. The van der Waals surface area contributed by atoms with Crippen molar-refractivity contribution in [2.45, 2.75) is 62.7 Å². The second kappa shape index (κ2) is 7.76. The van der Waals surface area contributed by atoms with Gasteiger partial charge in [-0.15, -0.1) is 0 Å². The number of hydrogen-bond donors (Lipinski definition) is 0. The van der Waals surface area contributed by atoms with Crippen LogP contribution in [0.2, 0.25) is 0 Å². The fraction of sp³-hybridized carbons (Fsp3) is 0.391. The van der Waals surface area contributed by atoms with Crippen molar-refractivity contribution in [3.63, 3.8) is 0 Å². The van der Waals surface area contributed by atoms with Gasteiger partial charge < -0.3 is 0 Å². The lowest BCUT2D eigenvalue weighted by Gasteiger charge is -2.27. The third-order valence-electron chi connectivity index (χ3n) is 6.45. The Bertz CT molecular complexity index is 1250. The van der Waals surface area contributed by atoms with Gasteiger partial charge in [-0.05, 0) is 42.5 Å². The Hall–Kier alpha value is -2.71. The lowest BCUT2D eigenvalue weighted by Crippen LogP contribution is -2.42. The molecule has 0 amide bonds. The number of nitrogens with zero attached hydrogens (tertiary/aromatic N) is 4. The number of sulfonamides is 1. The Morgan fingerprint density at radius 1 is 0.968 bits per heavy atom. The summed E-state index contributed by atoms with van der Waals surface area (Å²) >= 11 is 0. The molecule has 0 spiro atoms. The second-order valence-electron chi connectivity index (χ2n) is 8.37. The number of fused-ring (bicyclic) bond motifs is 3. The Morgan fingerprint density at radius 2 is 1.68 bits per heavy atom. The molecule has 3 heterocycles. The smallest absolute Gasteiger partial charge is 0.277 e. The van der Waals surface area contributed by atoms with Gasteiger partial charge in [0, 0.05) is 25.0 Å². The van der Waals surface area contributed by atoms with E-state index < -0.39 is 10.0 Å². The third-order valence-corrected chi connectivity index (χ3v) is 8.47. The predicted octanol–water partition coefficient (Wildman–Crippen LogP) is 2.43. The largest absolute Gasteiger partial charge is 0.346 e. The average Bonchev–Trinajstić information content (AvgIpc) is 3.24. The van der Waals surface area contributed by atoms with Crippen molar-refractivity contribution in [3.05, 3.63) is 82.0 Å². The van der Waals surface area contributed by atoms with Crippen molar-refractivity contribution in [2.24, 2.45) is 0 Å². The molecule has 31 heavy (non-hydrogen) atoms. The van der Waals surface area contributed by atoms with E-state index in [-0.39, 0.29) is 17.8 Å². The Kier molecular flexibility index (Phi) is 5.06. The number of rotatable bonds is 5. The molecule has 5 rings (SSSR count). The first kappa shape index (κ1) is 20.2. The van der Waals surface area contributed by atoms with Crippen LogP contribution in [0.15, 0.2) is 64.3 Å². The molecule has 0 saturated carbocycles.